The van der Waals surface area contributed by atoms with E-state index in [0.29, 0.717) is 34.8 Å². The van der Waals surface area contributed by atoms with Gasteiger partial charge in [-0.15, -0.1) is 0 Å². The number of benzene rings is 2. The molecule has 8 heteroatoms. The molecule has 0 atom stereocenters. The summed E-state index contributed by atoms with van der Waals surface area (Å²) in [5.41, 5.74) is 3.14. The lowest BCUT2D eigenvalue weighted by atomic mass is 10.2. The van der Waals surface area contributed by atoms with E-state index in [0.717, 1.165) is 18.7 Å². The molecule has 0 spiro atoms. The number of fused-ring (bicyclic) bond motifs is 1. The summed E-state index contributed by atoms with van der Waals surface area (Å²) in [6, 6.07) is 11.9. The number of methoxy groups -OCH3 is 3. The van der Waals surface area contributed by atoms with Crippen LogP contribution in [0.4, 0.5) is 23.3 Å². The Hall–Kier alpha value is -3.55. The molecule has 0 saturated carbocycles. The molecule has 144 valence electrons. The van der Waals surface area contributed by atoms with Crippen molar-refractivity contribution in [2.45, 2.75) is 6.42 Å². The predicted molar refractivity (Wildman–Crippen MR) is 106 cm³/mol. The van der Waals surface area contributed by atoms with Crippen molar-refractivity contribution in [1.82, 2.24) is 15.0 Å². The third-order valence-corrected chi connectivity index (χ3v) is 4.61. The quantitative estimate of drug-likeness (QED) is 0.698. The van der Waals surface area contributed by atoms with Crippen LogP contribution in [0.15, 0.2) is 42.7 Å². The number of ether oxygens (including phenoxy) is 3. The second-order valence-corrected chi connectivity index (χ2v) is 6.18. The number of hydrogen-bond acceptors (Lipinski definition) is 8. The maximum Gasteiger partial charge on any atom is 0.234 e. The van der Waals surface area contributed by atoms with E-state index in [9.17, 15) is 0 Å². The SMILES string of the molecule is COc1cc(Nc2ncnc(N3CCc4ccccc43)n2)cc(OC)c1OC. The van der Waals surface area contributed by atoms with Crippen LogP contribution in [-0.2, 0) is 6.42 Å². The Morgan fingerprint density at radius 3 is 2.43 bits per heavy atom. The Balaban J connectivity index is 1.63. The molecular weight excluding hydrogens is 358 g/mol. The largest absolute Gasteiger partial charge is 0.493 e. The van der Waals surface area contributed by atoms with Crippen LogP contribution >= 0.6 is 0 Å². The van der Waals surface area contributed by atoms with Gasteiger partial charge in [-0.1, -0.05) is 18.2 Å². The summed E-state index contributed by atoms with van der Waals surface area (Å²) in [6.45, 7) is 0.840. The highest BCUT2D eigenvalue weighted by Crippen LogP contribution is 2.40. The minimum atomic E-state index is 0.434. The molecular formula is C20H21N5O3. The number of nitrogens with zero attached hydrogens (tertiary/aromatic N) is 4. The summed E-state index contributed by atoms with van der Waals surface area (Å²) in [5, 5.41) is 3.19. The maximum atomic E-state index is 5.39. The van der Waals surface area contributed by atoms with E-state index in [-0.39, 0.29) is 0 Å². The van der Waals surface area contributed by atoms with Gasteiger partial charge in [-0.05, 0) is 18.1 Å². The second-order valence-electron chi connectivity index (χ2n) is 6.18. The zero-order valence-electron chi connectivity index (χ0n) is 16.0. The van der Waals surface area contributed by atoms with Gasteiger partial charge >= 0.3 is 0 Å². The molecule has 0 unspecified atom stereocenters. The highest BCUT2D eigenvalue weighted by Gasteiger charge is 2.22. The fourth-order valence-electron chi connectivity index (χ4n) is 3.31. The Morgan fingerprint density at radius 2 is 1.71 bits per heavy atom. The van der Waals surface area contributed by atoms with Gasteiger partial charge in [-0.2, -0.15) is 4.98 Å². The van der Waals surface area contributed by atoms with E-state index in [1.165, 1.54) is 11.9 Å². The fraction of sp³-hybridized carbons (Fsp3) is 0.250. The highest BCUT2D eigenvalue weighted by atomic mass is 16.5. The number of hydrogen-bond donors (Lipinski definition) is 1. The van der Waals surface area contributed by atoms with E-state index < -0.39 is 0 Å². The van der Waals surface area contributed by atoms with Gasteiger partial charge < -0.3 is 24.4 Å². The first-order valence-corrected chi connectivity index (χ1v) is 8.85. The summed E-state index contributed by atoms with van der Waals surface area (Å²) in [5.74, 6) is 2.67. The number of rotatable bonds is 6. The van der Waals surface area contributed by atoms with Gasteiger partial charge in [0, 0.05) is 30.1 Å². The van der Waals surface area contributed by atoms with Crippen molar-refractivity contribution in [2.24, 2.45) is 0 Å². The van der Waals surface area contributed by atoms with E-state index in [4.69, 9.17) is 14.2 Å². The molecule has 4 rings (SSSR count). The molecule has 28 heavy (non-hydrogen) atoms. The molecule has 1 aromatic heterocycles. The molecule has 1 aliphatic rings. The van der Waals surface area contributed by atoms with Crippen molar-refractivity contribution in [3.8, 4) is 17.2 Å². The lowest BCUT2D eigenvalue weighted by molar-refractivity contribution is 0.324. The molecule has 2 aromatic carbocycles. The van der Waals surface area contributed by atoms with Crippen molar-refractivity contribution in [2.75, 3.05) is 38.1 Å². The summed E-state index contributed by atoms with van der Waals surface area (Å²) >= 11 is 0. The second kappa shape index (κ2) is 7.59. The Bertz CT molecular complexity index is 970. The van der Waals surface area contributed by atoms with Crippen LogP contribution in [0.2, 0.25) is 0 Å². The van der Waals surface area contributed by atoms with Gasteiger partial charge in [0.2, 0.25) is 17.6 Å². The summed E-state index contributed by atoms with van der Waals surface area (Å²) < 4.78 is 16.1. The number of anilines is 4. The van der Waals surface area contributed by atoms with E-state index >= 15 is 0 Å². The fourth-order valence-corrected chi connectivity index (χ4v) is 3.31. The normalized spacial score (nSPS) is 12.5. The molecule has 0 saturated heterocycles. The third kappa shape index (κ3) is 3.24. The zero-order valence-corrected chi connectivity index (χ0v) is 16.0. The van der Waals surface area contributed by atoms with Crippen LogP contribution in [0.25, 0.3) is 0 Å². The number of para-hydroxylation sites is 1. The third-order valence-electron chi connectivity index (χ3n) is 4.61. The lowest BCUT2D eigenvalue weighted by Gasteiger charge is -2.18. The Morgan fingerprint density at radius 1 is 0.964 bits per heavy atom. The van der Waals surface area contributed by atoms with Crippen LogP contribution in [0.3, 0.4) is 0 Å². The van der Waals surface area contributed by atoms with Gasteiger partial charge in [0.15, 0.2) is 11.5 Å². The molecule has 0 aliphatic carbocycles. The topological polar surface area (TPSA) is 81.6 Å². The average Bonchev–Trinajstić information content (AvgIpc) is 3.17. The molecule has 0 amide bonds. The smallest absolute Gasteiger partial charge is 0.234 e. The minimum Gasteiger partial charge on any atom is -0.493 e. The first kappa shape index (κ1) is 17.8. The van der Waals surface area contributed by atoms with Crippen molar-refractivity contribution >= 4 is 23.3 Å². The Kier molecular flexibility index (Phi) is 4.84. The molecule has 1 aliphatic heterocycles. The van der Waals surface area contributed by atoms with E-state index in [1.54, 1.807) is 33.5 Å². The molecule has 8 nitrogen and oxygen atoms in total. The van der Waals surface area contributed by atoms with Crippen molar-refractivity contribution in [3.63, 3.8) is 0 Å². The van der Waals surface area contributed by atoms with Crippen LogP contribution in [0.1, 0.15) is 5.56 Å². The first-order valence-electron chi connectivity index (χ1n) is 8.85. The minimum absolute atomic E-state index is 0.434. The van der Waals surface area contributed by atoms with Gasteiger partial charge in [0.25, 0.3) is 0 Å². The molecule has 0 bridgehead atoms. The van der Waals surface area contributed by atoms with E-state index in [2.05, 4.69) is 37.3 Å². The molecule has 0 fully saturated rings. The zero-order chi connectivity index (χ0) is 19.5. The lowest BCUT2D eigenvalue weighted by Crippen LogP contribution is -2.17. The number of aromatic nitrogens is 3. The summed E-state index contributed by atoms with van der Waals surface area (Å²) in [7, 11) is 4.72. The monoisotopic (exact) mass is 379 g/mol. The predicted octanol–water partition coefficient (Wildman–Crippen LogP) is 3.34. The first-order chi connectivity index (χ1) is 13.7. The van der Waals surface area contributed by atoms with E-state index in [1.807, 2.05) is 12.1 Å². The highest BCUT2D eigenvalue weighted by molar-refractivity contribution is 5.68. The molecule has 1 N–H and O–H groups in total. The average molecular weight is 379 g/mol. The standard InChI is InChI=1S/C20H21N5O3/c1-26-16-10-14(11-17(27-2)18(16)28-3)23-19-21-12-22-20(24-19)25-9-8-13-6-4-5-7-15(13)25/h4-7,10-12H,8-9H2,1-3H3,(H,21,22,23,24). The van der Waals surface area contributed by atoms with Crippen LogP contribution in [0.5, 0.6) is 17.2 Å². The van der Waals surface area contributed by atoms with Crippen molar-refractivity contribution in [3.05, 3.63) is 48.3 Å². The van der Waals surface area contributed by atoms with Gasteiger partial charge in [0.1, 0.15) is 6.33 Å². The molecule has 3 aromatic rings. The van der Waals surface area contributed by atoms with Crippen LogP contribution < -0.4 is 24.4 Å². The van der Waals surface area contributed by atoms with Crippen LogP contribution in [-0.4, -0.2) is 42.8 Å². The van der Waals surface area contributed by atoms with Crippen molar-refractivity contribution in [1.29, 1.82) is 0 Å². The molecule has 0 radical (unpaired) electrons. The van der Waals surface area contributed by atoms with Crippen molar-refractivity contribution < 1.29 is 14.2 Å². The van der Waals surface area contributed by atoms with Gasteiger partial charge in [-0.25, -0.2) is 9.97 Å². The van der Waals surface area contributed by atoms with Crippen LogP contribution in [0, 0.1) is 0 Å². The molecule has 2 heterocycles. The Labute approximate surface area is 163 Å². The van der Waals surface area contributed by atoms with Gasteiger partial charge in [-0.3, -0.25) is 0 Å². The maximum absolute atomic E-state index is 5.39. The summed E-state index contributed by atoms with van der Waals surface area (Å²) in [6.07, 6.45) is 2.47. The summed E-state index contributed by atoms with van der Waals surface area (Å²) in [4.78, 5) is 15.3. The number of nitrogens with one attached hydrogen (secondary N) is 1. The van der Waals surface area contributed by atoms with Gasteiger partial charge in [0.05, 0.1) is 21.3 Å².